The Balaban J connectivity index is 1.61. The average Bonchev–Trinajstić information content (AvgIpc) is 2.90. The number of anilines is 1. The summed E-state index contributed by atoms with van der Waals surface area (Å²) in [6.45, 7) is 2.21. The third-order valence-electron chi connectivity index (χ3n) is 5.31. The minimum Gasteiger partial charge on any atom is -0.496 e. The lowest BCUT2D eigenvalue weighted by Crippen LogP contribution is -2.37. The van der Waals surface area contributed by atoms with Crippen LogP contribution in [-0.4, -0.2) is 32.4 Å². The molecule has 0 aromatic heterocycles. The number of ether oxygens (including phenoxy) is 2. The van der Waals surface area contributed by atoms with E-state index in [1.54, 1.807) is 37.1 Å². The predicted molar refractivity (Wildman–Crippen MR) is 121 cm³/mol. The van der Waals surface area contributed by atoms with Crippen molar-refractivity contribution in [1.82, 2.24) is 4.90 Å². The van der Waals surface area contributed by atoms with Gasteiger partial charge in [0.1, 0.15) is 17.3 Å². The number of nitrogens with one attached hydrogen (secondary N) is 1. The zero-order valence-electron chi connectivity index (χ0n) is 18.1. The standard InChI is InChI=1S/C24H23FN2O5S/c1-16-24(28)27(14-17-5-3-4-6-22(17)31-2)15-18-13-20(9-12-23(18)32-16)26-33(29,30)21-10-7-19(25)8-11-21/h3-13,16,26H,14-15H2,1-2H3. The van der Waals surface area contributed by atoms with E-state index in [2.05, 4.69) is 4.72 Å². The van der Waals surface area contributed by atoms with Crippen LogP contribution in [0, 0.1) is 5.82 Å². The van der Waals surface area contributed by atoms with Crippen molar-refractivity contribution >= 4 is 21.6 Å². The van der Waals surface area contributed by atoms with Gasteiger partial charge in [0.25, 0.3) is 15.9 Å². The van der Waals surface area contributed by atoms with Crippen molar-refractivity contribution in [2.75, 3.05) is 11.8 Å². The summed E-state index contributed by atoms with van der Waals surface area (Å²) >= 11 is 0. The highest BCUT2D eigenvalue weighted by Crippen LogP contribution is 2.31. The second kappa shape index (κ2) is 9.11. The van der Waals surface area contributed by atoms with E-state index in [9.17, 15) is 17.6 Å². The molecule has 7 nitrogen and oxygen atoms in total. The van der Waals surface area contributed by atoms with Crippen molar-refractivity contribution < 1.29 is 27.1 Å². The summed E-state index contributed by atoms with van der Waals surface area (Å²) in [6, 6.07) is 16.8. The molecule has 0 saturated heterocycles. The topological polar surface area (TPSA) is 84.9 Å². The van der Waals surface area contributed by atoms with Gasteiger partial charge in [-0.25, -0.2) is 12.8 Å². The van der Waals surface area contributed by atoms with Crippen LogP contribution < -0.4 is 14.2 Å². The van der Waals surface area contributed by atoms with Crippen molar-refractivity contribution in [3.63, 3.8) is 0 Å². The van der Waals surface area contributed by atoms with Gasteiger partial charge in [0.15, 0.2) is 6.10 Å². The predicted octanol–water partition coefficient (Wildman–Crippen LogP) is 3.94. The summed E-state index contributed by atoms with van der Waals surface area (Å²) in [4.78, 5) is 14.5. The molecule has 1 aliphatic rings. The minimum absolute atomic E-state index is 0.0586. The van der Waals surface area contributed by atoms with Crippen LogP contribution >= 0.6 is 0 Å². The Bertz CT molecular complexity index is 1280. The van der Waals surface area contributed by atoms with Crippen molar-refractivity contribution in [1.29, 1.82) is 0 Å². The first-order valence-corrected chi connectivity index (χ1v) is 11.7. The van der Waals surface area contributed by atoms with Crippen LogP contribution in [0.25, 0.3) is 0 Å². The molecule has 172 valence electrons. The summed E-state index contributed by atoms with van der Waals surface area (Å²) in [5, 5.41) is 0. The van der Waals surface area contributed by atoms with E-state index < -0.39 is 21.9 Å². The average molecular weight is 471 g/mol. The molecule has 1 heterocycles. The van der Waals surface area contributed by atoms with Gasteiger partial charge >= 0.3 is 0 Å². The summed E-state index contributed by atoms with van der Waals surface area (Å²) in [6.07, 6.45) is -0.706. The molecule has 4 rings (SSSR count). The molecule has 0 spiro atoms. The molecule has 0 saturated carbocycles. The van der Waals surface area contributed by atoms with Gasteiger partial charge in [0.2, 0.25) is 0 Å². The van der Waals surface area contributed by atoms with Gasteiger partial charge in [-0.05, 0) is 55.5 Å². The fraction of sp³-hybridized carbons (Fsp3) is 0.208. The van der Waals surface area contributed by atoms with Crippen molar-refractivity contribution in [3.05, 3.63) is 83.7 Å². The van der Waals surface area contributed by atoms with Crippen molar-refractivity contribution in [2.45, 2.75) is 31.0 Å². The number of sulfonamides is 1. The van der Waals surface area contributed by atoms with Gasteiger partial charge < -0.3 is 14.4 Å². The Morgan fingerprint density at radius 2 is 1.85 bits per heavy atom. The highest BCUT2D eigenvalue weighted by Gasteiger charge is 2.29. The van der Waals surface area contributed by atoms with Crippen LogP contribution in [0.5, 0.6) is 11.5 Å². The molecular weight excluding hydrogens is 447 g/mol. The largest absolute Gasteiger partial charge is 0.496 e. The zero-order chi connectivity index (χ0) is 23.6. The molecule has 0 fully saturated rings. The SMILES string of the molecule is COc1ccccc1CN1Cc2cc(NS(=O)(=O)c3ccc(F)cc3)ccc2OC(C)C1=O. The number of benzene rings is 3. The highest BCUT2D eigenvalue weighted by atomic mass is 32.2. The molecular formula is C24H23FN2O5S. The van der Waals surface area contributed by atoms with E-state index in [4.69, 9.17) is 9.47 Å². The van der Waals surface area contributed by atoms with E-state index in [0.717, 1.165) is 17.7 Å². The monoisotopic (exact) mass is 470 g/mol. The zero-order valence-corrected chi connectivity index (χ0v) is 18.9. The molecule has 1 N–H and O–H groups in total. The van der Waals surface area contributed by atoms with Crippen LogP contribution in [0.3, 0.4) is 0 Å². The van der Waals surface area contributed by atoms with Crippen LogP contribution in [0.1, 0.15) is 18.1 Å². The van der Waals surface area contributed by atoms with Gasteiger partial charge in [0, 0.05) is 29.9 Å². The quantitative estimate of drug-likeness (QED) is 0.590. The van der Waals surface area contributed by atoms with Crippen LogP contribution in [0.4, 0.5) is 10.1 Å². The smallest absolute Gasteiger partial charge is 0.263 e. The lowest BCUT2D eigenvalue weighted by Gasteiger charge is -2.23. The molecule has 0 radical (unpaired) electrons. The lowest BCUT2D eigenvalue weighted by molar-refractivity contribution is -0.138. The molecule has 1 unspecified atom stereocenters. The van der Waals surface area contributed by atoms with Gasteiger partial charge in [-0.1, -0.05) is 18.2 Å². The number of rotatable bonds is 6. The third-order valence-corrected chi connectivity index (χ3v) is 6.71. The Hall–Kier alpha value is -3.59. The third kappa shape index (κ3) is 4.93. The number of hydrogen-bond acceptors (Lipinski definition) is 5. The van der Waals surface area contributed by atoms with E-state index >= 15 is 0 Å². The van der Waals surface area contributed by atoms with Crippen molar-refractivity contribution in [3.8, 4) is 11.5 Å². The first kappa shape index (κ1) is 22.6. The number of halogens is 1. The number of carbonyl (C=O) groups is 1. The maximum Gasteiger partial charge on any atom is 0.263 e. The number of carbonyl (C=O) groups excluding carboxylic acids is 1. The molecule has 0 aliphatic carbocycles. The van der Waals surface area contributed by atoms with Crippen LogP contribution in [0.2, 0.25) is 0 Å². The lowest BCUT2D eigenvalue weighted by atomic mass is 10.1. The van der Waals surface area contributed by atoms with Gasteiger partial charge in [-0.15, -0.1) is 0 Å². The normalized spacial score (nSPS) is 15.9. The Morgan fingerprint density at radius 1 is 1.12 bits per heavy atom. The van der Waals surface area contributed by atoms with Crippen LogP contribution in [0.15, 0.2) is 71.6 Å². The second-order valence-corrected chi connectivity index (χ2v) is 9.33. The van der Waals surface area contributed by atoms with Gasteiger partial charge in [-0.3, -0.25) is 9.52 Å². The Labute approximate surface area is 191 Å². The Kier molecular flexibility index (Phi) is 6.24. The molecule has 3 aromatic rings. The van der Waals surface area contributed by atoms with E-state index in [0.29, 0.717) is 29.3 Å². The van der Waals surface area contributed by atoms with Gasteiger partial charge in [-0.2, -0.15) is 0 Å². The number of nitrogens with zero attached hydrogens (tertiary/aromatic N) is 1. The summed E-state index contributed by atoms with van der Waals surface area (Å²) in [5.41, 5.74) is 1.81. The summed E-state index contributed by atoms with van der Waals surface area (Å²) < 4.78 is 52.3. The van der Waals surface area contributed by atoms with E-state index in [1.165, 1.54) is 12.1 Å². The van der Waals surface area contributed by atoms with Crippen LogP contribution in [-0.2, 0) is 27.9 Å². The second-order valence-electron chi connectivity index (χ2n) is 7.65. The van der Waals surface area contributed by atoms with Crippen molar-refractivity contribution in [2.24, 2.45) is 0 Å². The number of fused-ring (bicyclic) bond motifs is 1. The maximum absolute atomic E-state index is 13.2. The number of hydrogen-bond donors (Lipinski definition) is 1. The first-order valence-electron chi connectivity index (χ1n) is 10.3. The highest BCUT2D eigenvalue weighted by molar-refractivity contribution is 7.92. The Morgan fingerprint density at radius 3 is 2.58 bits per heavy atom. The molecule has 0 bridgehead atoms. The molecule has 3 aromatic carbocycles. The van der Waals surface area contributed by atoms with E-state index in [-0.39, 0.29) is 17.3 Å². The molecule has 33 heavy (non-hydrogen) atoms. The fourth-order valence-electron chi connectivity index (χ4n) is 3.66. The first-order chi connectivity index (χ1) is 15.8. The van der Waals surface area contributed by atoms with Gasteiger partial charge in [0.05, 0.1) is 12.0 Å². The van der Waals surface area contributed by atoms with E-state index in [1.807, 2.05) is 24.3 Å². The number of amides is 1. The summed E-state index contributed by atoms with van der Waals surface area (Å²) in [5.74, 6) is 0.461. The molecule has 1 aliphatic heterocycles. The summed E-state index contributed by atoms with van der Waals surface area (Å²) in [7, 11) is -2.34. The molecule has 1 amide bonds. The maximum atomic E-state index is 13.2. The minimum atomic E-state index is -3.91. The number of methoxy groups -OCH3 is 1. The molecule has 1 atom stereocenters. The molecule has 9 heteroatoms. The number of para-hydroxylation sites is 1. The fourth-order valence-corrected chi connectivity index (χ4v) is 4.71.